The van der Waals surface area contributed by atoms with Crippen molar-refractivity contribution >= 4 is 27.8 Å². The van der Waals surface area contributed by atoms with Gasteiger partial charge >= 0.3 is 12.3 Å². The molecule has 0 bridgehead atoms. The van der Waals surface area contributed by atoms with Crippen molar-refractivity contribution < 1.29 is 41.0 Å². The number of sulfonamides is 1. The summed E-state index contributed by atoms with van der Waals surface area (Å²) in [7, 11) is -3.86. The number of carbonyl (C=O) groups is 1. The first-order valence-electron chi connectivity index (χ1n) is 10.0. The van der Waals surface area contributed by atoms with E-state index in [0.29, 0.717) is 22.8 Å². The Kier molecular flexibility index (Phi) is 8.30. The van der Waals surface area contributed by atoms with Crippen LogP contribution in [0.15, 0.2) is 76.5 Å². The van der Waals surface area contributed by atoms with E-state index >= 15 is 0 Å². The molecule has 3 aromatic rings. The summed E-state index contributed by atoms with van der Waals surface area (Å²) in [4.78, 5) is 12.0. The topological polar surface area (TPSA) is 102 Å². The first-order valence-corrected chi connectivity index (χ1v) is 12.5. The van der Waals surface area contributed by atoms with Gasteiger partial charge in [-0.15, -0.1) is 24.9 Å². The van der Waals surface area contributed by atoms with Gasteiger partial charge in [-0.25, -0.2) is 17.9 Å². The number of nitrogens with one attached hydrogen (secondary N) is 1. The molecule has 0 aliphatic rings. The Morgan fingerprint density at radius 3 is 2.11 bits per heavy atom. The van der Waals surface area contributed by atoms with E-state index in [1.54, 1.807) is 31.2 Å². The van der Waals surface area contributed by atoms with Crippen LogP contribution in [-0.4, -0.2) is 38.2 Å². The molecular weight excluding hydrogens is 507 g/mol. The molecule has 0 saturated carbocycles. The van der Waals surface area contributed by atoms with E-state index in [4.69, 9.17) is 4.74 Å². The highest BCUT2D eigenvalue weighted by Crippen LogP contribution is 2.28. The van der Waals surface area contributed by atoms with Crippen LogP contribution in [-0.2, 0) is 10.0 Å². The molecule has 3 rings (SSSR count). The number of carboxylic acids is 1. The summed E-state index contributed by atoms with van der Waals surface area (Å²) in [5.41, 5.74) is 0.391. The summed E-state index contributed by atoms with van der Waals surface area (Å²) in [6, 6.07) is 15.8. The van der Waals surface area contributed by atoms with Gasteiger partial charge < -0.3 is 14.6 Å². The lowest BCUT2D eigenvalue weighted by Gasteiger charge is -2.10. The fourth-order valence-corrected chi connectivity index (χ4v) is 4.83. The number of hydrogen-bond donors (Lipinski definition) is 2. The van der Waals surface area contributed by atoms with Crippen molar-refractivity contribution in [3.63, 3.8) is 0 Å². The number of alkyl halides is 3. The van der Waals surface area contributed by atoms with Crippen LogP contribution in [0.5, 0.6) is 17.2 Å². The molecule has 0 aliphatic carbocycles. The van der Waals surface area contributed by atoms with Gasteiger partial charge in [-0.1, -0.05) is 6.07 Å². The van der Waals surface area contributed by atoms with Gasteiger partial charge in [0.15, 0.2) is 0 Å². The maximum Gasteiger partial charge on any atom is 0.573 e. The maximum atomic E-state index is 12.4. The number of ether oxygens (including phenoxy) is 2. The summed E-state index contributed by atoms with van der Waals surface area (Å²) < 4.78 is 73.4. The van der Waals surface area contributed by atoms with E-state index in [1.165, 1.54) is 36.0 Å². The minimum Gasteiger partial charge on any atom is -0.478 e. The quantitative estimate of drug-likeness (QED) is 0.267. The van der Waals surface area contributed by atoms with Crippen LogP contribution >= 0.6 is 11.8 Å². The summed E-state index contributed by atoms with van der Waals surface area (Å²) in [5.74, 6) is -0.339. The van der Waals surface area contributed by atoms with Crippen LogP contribution < -0.4 is 14.2 Å². The molecule has 0 amide bonds. The predicted octanol–water partition coefficient (Wildman–Crippen LogP) is 5.45. The van der Waals surface area contributed by atoms with E-state index in [9.17, 15) is 31.5 Å². The fourth-order valence-electron chi connectivity index (χ4n) is 2.88. The molecule has 0 fully saturated rings. The van der Waals surface area contributed by atoms with Crippen molar-refractivity contribution in [2.45, 2.75) is 23.1 Å². The summed E-state index contributed by atoms with van der Waals surface area (Å²) in [6.07, 6.45) is -4.76. The number of hydrogen-bond acceptors (Lipinski definition) is 6. The first-order chi connectivity index (χ1) is 16.4. The Morgan fingerprint density at radius 2 is 1.54 bits per heavy atom. The molecule has 0 atom stereocenters. The van der Waals surface area contributed by atoms with Gasteiger partial charge in [0.05, 0.1) is 10.5 Å². The third kappa shape index (κ3) is 7.91. The van der Waals surface area contributed by atoms with Crippen molar-refractivity contribution in [2.75, 3.05) is 12.3 Å². The Bertz CT molecular complexity index is 1280. The molecule has 0 aliphatic heterocycles. The second-order valence-corrected chi connectivity index (χ2v) is 10.1. The van der Waals surface area contributed by atoms with Gasteiger partial charge in [-0.3, -0.25) is 0 Å². The molecule has 186 valence electrons. The molecule has 2 N–H and O–H groups in total. The lowest BCUT2D eigenvalue weighted by atomic mass is 10.1. The standard InChI is InChI=1S/C23H20F3NO6S2/c1-15-2-11-20(14-21(15)22(28)29)35(30,31)27-12-13-34-19-9-7-17(8-10-19)32-16-3-5-18(6-4-16)33-23(24,25)26/h2-11,14,27H,12-13H2,1H3,(H,28,29). The zero-order valence-electron chi connectivity index (χ0n) is 18.2. The van der Waals surface area contributed by atoms with Gasteiger partial charge in [0.25, 0.3) is 0 Å². The number of carboxylic acid groups (broad SMARTS) is 1. The molecule has 7 nitrogen and oxygen atoms in total. The molecule has 0 saturated heterocycles. The smallest absolute Gasteiger partial charge is 0.478 e. The Morgan fingerprint density at radius 1 is 0.971 bits per heavy atom. The van der Waals surface area contributed by atoms with Gasteiger partial charge in [-0.05, 0) is 73.2 Å². The molecule has 3 aromatic carbocycles. The number of thioether (sulfide) groups is 1. The van der Waals surface area contributed by atoms with Gasteiger partial charge in [0.2, 0.25) is 10.0 Å². The highest BCUT2D eigenvalue weighted by Gasteiger charge is 2.31. The lowest BCUT2D eigenvalue weighted by molar-refractivity contribution is -0.274. The lowest BCUT2D eigenvalue weighted by Crippen LogP contribution is -2.26. The van der Waals surface area contributed by atoms with Crippen molar-refractivity contribution in [2.24, 2.45) is 0 Å². The summed E-state index contributed by atoms with van der Waals surface area (Å²) in [5, 5.41) is 9.18. The first kappa shape index (κ1) is 26.4. The average molecular weight is 528 g/mol. The van der Waals surface area contributed by atoms with E-state index in [1.807, 2.05) is 0 Å². The predicted molar refractivity (Wildman–Crippen MR) is 124 cm³/mol. The molecule has 35 heavy (non-hydrogen) atoms. The van der Waals surface area contributed by atoms with E-state index in [-0.39, 0.29) is 22.8 Å². The Balaban J connectivity index is 1.49. The largest absolute Gasteiger partial charge is 0.573 e. The number of rotatable bonds is 10. The van der Waals surface area contributed by atoms with Crippen LogP contribution in [0.25, 0.3) is 0 Å². The Hall–Kier alpha value is -3.22. The van der Waals surface area contributed by atoms with E-state index < -0.39 is 22.4 Å². The normalized spacial score (nSPS) is 11.8. The summed E-state index contributed by atoms with van der Waals surface area (Å²) >= 11 is 1.39. The van der Waals surface area contributed by atoms with Crippen LogP contribution in [0.2, 0.25) is 0 Å². The van der Waals surface area contributed by atoms with Crippen LogP contribution in [0.4, 0.5) is 13.2 Å². The van der Waals surface area contributed by atoms with Gasteiger partial charge in [-0.2, -0.15) is 0 Å². The van der Waals surface area contributed by atoms with Crippen molar-refractivity contribution in [1.29, 1.82) is 0 Å². The van der Waals surface area contributed by atoms with Crippen molar-refractivity contribution in [3.05, 3.63) is 77.9 Å². The third-order valence-electron chi connectivity index (χ3n) is 4.53. The van der Waals surface area contributed by atoms with E-state index in [2.05, 4.69) is 9.46 Å². The summed E-state index contributed by atoms with van der Waals surface area (Å²) in [6.45, 7) is 1.71. The molecule has 0 aromatic heterocycles. The average Bonchev–Trinajstić information content (AvgIpc) is 2.78. The number of aryl methyl sites for hydroxylation is 1. The zero-order valence-corrected chi connectivity index (χ0v) is 19.8. The Labute approximate surface area is 203 Å². The second-order valence-electron chi connectivity index (χ2n) is 7.12. The van der Waals surface area contributed by atoms with Gasteiger partial charge in [0, 0.05) is 17.2 Å². The molecule has 12 heteroatoms. The van der Waals surface area contributed by atoms with Crippen LogP contribution in [0, 0.1) is 6.92 Å². The van der Waals surface area contributed by atoms with Crippen molar-refractivity contribution in [1.82, 2.24) is 4.72 Å². The maximum absolute atomic E-state index is 12.4. The molecular formula is C23H20F3NO6S2. The SMILES string of the molecule is Cc1ccc(S(=O)(=O)NCCSc2ccc(Oc3ccc(OC(F)(F)F)cc3)cc2)cc1C(=O)O. The van der Waals surface area contributed by atoms with Crippen LogP contribution in [0.1, 0.15) is 15.9 Å². The molecule has 0 unspecified atom stereocenters. The van der Waals surface area contributed by atoms with Crippen LogP contribution in [0.3, 0.4) is 0 Å². The minimum atomic E-state index is -4.76. The van der Waals surface area contributed by atoms with E-state index in [0.717, 1.165) is 23.1 Å². The molecule has 0 spiro atoms. The zero-order chi connectivity index (χ0) is 25.6. The highest BCUT2D eigenvalue weighted by molar-refractivity contribution is 7.99. The minimum absolute atomic E-state index is 0.0739. The van der Waals surface area contributed by atoms with Crippen molar-refractivity contribution in [3.8, 4) is 17.2 Å². The number of aromatic carboxylic acids is 1. The fraction of sp³-hybridized carbons (Fsp3) is 0.174. The second kappa shape index (κ2) is 11.0. The molecule has 0 radical (unpaired) electrons. The third-order valence-corrected chi connectivity index (χ3v) is 7.00. The monoisotopic (exact) mass is 527 g/mol. The number of halogens is 3. The molecule has 0 heterocycles. The van der Waals surface area contributed by atoms with Gasteiger partial charge in [0.1, 0.15) is 17.2 Å². The highest BCUT2D eigenvalue weighted by atomic mass is 32.2. The number of benzene rings is 3.